The van der Waals surface area contributed by atoms with Crippen molar-refractivity contribution in [2.45, 2.75) is 172 Å². The molecule has 0 aliphatic heterocycles. The summed E-state index contributed by atoms with van der Waals surface area (Å²) in [6.45, 7) is 48.8. The summed E-state index contributed by atoms with van der Waals surface area (Å²) >= 11 is 0. The third kappa shape index (κ3) is 14.4. The van der Waals surface area contributed by atoms with Crippen molar-refractivity contribution >= 4 is 63.4 Å². The van der Waals surface area contributed by atoms with Gasteiger partial charge < -0.3 is 15.3 Å². The van der Waals surface area contributed by atoms with Crippen LogP contribution in [0.5, 0.6) is 0 Å². The average molecular weight is 863 g/mol. The average Bonchev–Trinajstić information content (AvgIpc) is 3.17. The van der Waals surface area contributed by atoms with E-state index >= 15 is 0 Å². The van der Waals surface area contributed by atoms with Gasteiger partial charge in [-0.1, -0.05) is 213 Å². The summed E-state index contributed by atoms with van der Waals surface area (Å²) in [6, 6.07) is 23.2. The Balaban J connectivity index is 0.00000204. The van der Waals surface area contributed by atoms with Gasteiger partial charge in [0.2, 0.25) is 0 Å². The molecule has 0 aromatic heterocycles. The van der Waals surface area contributed by atoms with Crippen LogP contribution in [0.1, 0.15) is 85.9 Å². The summed E-state index contributed by atoms with van der Waals surface area (Å²) in [4.78, 5) is 0. The van der Waals surface area contributed by atoms with E-state index in [-0.39, 0.29) is 26.8 Å². The molecule has 0 heterocycles. The zero-order chi connectivity index (χ0) is 43.2. The summed E-state index contributed by atoms with van der Waals surface area (Å²) in [5.74, 6) is 0. The van der Waals surface area contributed by atoms with Crippen molar-refractivity contribution in [2.75, 3.05) is 0 Å². The largest absolute Gasteiger partial charge is 4.00 e. The second-order valence-electron chi connectivity index (χ2n) is 20.0. The molecule has 0 radical (unpaired) electrons. The van der Waals surface area contributed by atoms with Crippen LogP contribution in [0.3, 0.4) is 0 Å². The minimum atomic E-state index is -2.81. The van der Waals surface area contributed by atoms with Crippen LogP contribution in [0.4, 0.5) is 0 Å². The Bertz CT molecular complexity index is 1630. The molecule has 1 unspecified atom stereocenters. The van der Waals surface area contributed by atoms with Crippen LogP contribution < -0.4 is 46.4 Å². The molecule has 4 rings (SSSR count). The summed E-state index contributed by atoms with van der Waals surface area (Å²) in [6.07, 6.45) is 2.99. The first-order chi connectivity index (χ1) is 24.7. The van der Waals surface area contributed by atoms with Crippen molar-refractivity contribution in [3.8, 4) is 0 Å². The molecule has 1 aliphatic rings. The Labute approximate surface area is 364 Å². The Kier molecular flexibility index (Phi) is 20.7. The molecular weight excluding hydrogens is 785 g/mol. The molecule has 8 heteroatoms. The maximum absolute atomic E-state index is 9.53. The maximum Gasteiger partial charge on any atom is 4.00 e. The fraction of sp³-hybridized carbons (Fsp3) is 0.542. The number of hydrogen-bond donors (Lipinski definition) is 0. The predicted octanol–water partition coefficient (Wildman–Crippen LogP) is 6.84. The van der Waals surface area contributed by atoms with Gasteiger partial charge in [0.25, 0.3) is 0 Å². The van der Waals surface area contributed by atoms with Crippen molar-refractivity contribution in [1.82, 2.24) is 0 Å². The van der Waals surface area contributed by atoms with E-state index in [0.717, 1.165) is 0 Å². The third-order valence-electron chi connectivity index (χ3n) is 10.2. The first-order valence-corrected chi connectivity index (χ1v) is 32.9. The molecule has 1 aliphatic carbocycles. The van der Waals surface area contributed by atoms with Crippen LogP contribution in [0, 0.1) is 26.8 Å². The molecule has 3 aromatic carbocycles. The van der Waals surface area contributed by atoms with Gasteiger partial charge >= 0.3 is 21.7 Å². The van der Waals surface area contributed by atoms with Crippen LogP contribution in [0.15, 0.2) is 71.3 Å². The Hall–Kier alpha value is -1.40. The molecule has 0 N–H and O–H groups in total. The van der Waals surface area contributed by atoms with E-state index in [2.05, 4.69) is 168 Å². The van der Waals surface area contributed by atoms with Gasteiger partial charge in [-0.3, -0.25) is 6.08 Å². The normalized spacial score (nSPS) is 16.0. The standard InChI is InChI=1S/C39H57Si4.3C3H7O.Ti/c1-27-17-33(40(8,9)10)23-36(20-27)43(39(7)26-30(4)31(5)32(39)6,37-21-28(2)18-34(24-37)41(11,12)13)38-22-29(3)19-35(25-38)42(14,15)16;3*1-3(2)4;/h17-25H,1-16H3;3*3H,1-2H3;/q4*-1;+4. The molecule has 3 aromatic rings. The maximum atomic E-state index is 9.53. The molecule has 1 atom stereocenters. The molecule has 56 heavy (non-hydrogen) atoms. The topological polar surface area (TPSA) is 69.2 Å². The molecule has 0 saturated heterocycles. The fourth-order valence-corrected chi connectivity index (χ4v) is 17.7. The third-order valence-corrected chi connectivity index (χ3v) is 21.7. The number of hydrogen-bond acceptors (Lipinski definition) is 3. The quantitative estimate of drug-likeness (QED) is 0.149. The van der Waals surface area contributed by atoms with Gasteiger partial charge in [-0.2, -0.15) is 11.1 Å². The van der Waals surface area contributed by atoms with Crippen molar-refractivity contribution in [1.29, 1.82) is 0 Å². The van der Waals surface area contributed by atoms with Crippen LogP contribution in [-0.4, -0.2) is 50.6 Å². The van der Waals surface area contributed by atoms with Crippen LogP contribution >= 0.6 is 0 Å². The number of aryl methyl sites for hydroxylation is 3. The van der Waals surface area contributed by atoms with E-state index in [1.807, 2.05) is 0 Å². The van der Waals surface area contributed by atoms with Crippen LogP contribution in [-0.2, 0) is 21.7 Å². The molecule has 0 fully saturated rings. The molecule has 308 valence electrons. The summed E-state index contributed by atoms with van der Waals surface area (Å²) in [5, 5.41) is 37.7. The molecular formula is C48H78O3Si4Ti. The minimum absolute atomic E-state index is 0. The van der Waals surface area contributed by atoms with E-state index in [9.17, 15) is 15.3 Å². The molecule has 0 bridgehead atoms. The zero-order valence-electron chi connectivity index (χ0n) is 39.7. The van der Waals surface area contributed by atoms with Crippen molar-refractivity contribution in [3.05, 3.63) is 94.1 Å². The Morgan fingerprint density at radius 3 is 0.839 bits per heavy atom. The van der Waals surface area contributed by atoms with E-state index in [1.54, 1.807) is 72.7 Å². The van der Waals surface area contributed by atoms with Gasteiger partial charge in [0.15, 0.2) is 0 Å². The van der Waals surface area contributed by atoms with E-state index in [1.165, 1.54) is 33.4 Å². The first-order valence-electron chi connectivity index (χ1n) is 20.4. The number of rotatable bonds is 7. The smallest absolute Gasteiger partial charge is 0.852 e. The van der Waals surface area contributed by atoms with Gasteiger partial charge in [-0.05, 0) is 36.3 Å². The fourth-order valence-electron chi connectivity index (χ4n) is 7.26. The van der Waals surface area contributed by atoms with Gasteiger partial charge in [0, 0.05) is 0 Å². The monoisotopic (exact) mass is 862 g/mol. The number of benzene rings is 3. The summed E-state index contributed by atoms with van der Waals surface area (Å²) in [7, 11) is -7.58. The zero-order valence-corrected chi connectivity index (χ0v) is 45.2. The van der Waals surface area contributed by atoms with Crippen LogP contribution in [0.2, 0.25) is 64.0 Å². The first kappa shape index (κ1) is 54.6. The van der Waals surface area contributed by atoms with Crippen molar-refractivity contribution < 1.29 is 37.0 Å². The van der Waals surface area contributed by atoms with Crippen molar-refractivity contribution in [3.63, 3.8) is 0 Å². The van der Waals surface area contributed by atoms with Gasteiger partial charge in [-0.15, -0.1) is 25.2 Å². The second-order valence-corrected chi connectivity index (χ2v) is 39.5. The molecule has 0 amide bonds. The predicted molar refractivity (Wildman–Crippen MR) is 252 cm³/mol. The SMILES string of the molecule is CC(C)[O-].CC(C)[O-].CC(C)[O-].CC1=[C-]C(C)([Si](c2cc(C)cc([Si](C)(C)C)c2)(c2cc(C)cc([Si](C)(C)C)c2)c2cc(C)cc([Si](C)(C)C)c2)C(C)=C1C.[Ti+4]. The molecule has 0 saturated carbocycles. The van der Waals surface area contributed by atoms with E-state index < -0.39 is 50.6 Å². The van der Waals surface area contributed by atoms with Gasteiger partial charge in [0.05, 0.1) is 24.2 Å². The van der Waals surface area contributed by atoms with E-state index in [0.29, 0.717) is 0 Å². The van der Waals surface area contributed by atoms with E-state index in [4.69, 9.17) is 0 Å². The summed E-state index contributed by atoms with van der Waals surface area (Å²) < 4.78 is 0. The molecule has 3 nitrogen and oxygen atoms in total. The van der Waals surface area contributed by atoms with Gasteiger partial charge in [0.1, 0.15) is 8.07 Å². The summed E-state index contributed by atoms with van der Waals surface area (Å²) in [5.41, 5.74) is 8.43. The Morgan fingerprint density at radius 1 is 0.446 bits per heavy atom. The molecule has 0 spiro atoms. The second kappa shape index (κ2) is 21.2. The van der Waals surface area contributed by atoms with Crippen LogP contribution in [0.25, 0.3) is 0 Å². The van der Waals surface area contributed by atoms with Gasteiger partial charge in [-0.25, -0.2) is 5.57 Å². The van der Waals surface area contributed by atoms with Crippen molar-refractivity contribution in [2.24, 2.45) is 0 Å². The minimum Gasteiger partial charge on any atom is -0.852 e. The Morgan fingerprint density at radius 2 is 0.661 bits per heavy atom. The number of allylic oxidation sites excluding steroid dienone is 4.